The molecule has 5 nitrogen and oxygen atoms in total. The Morgan fingerprint density at radius 1 is 1.37 bits per heavy atom. The number of rotatable bonds is 6. The lowest BCUT2D eigenvalue weighted by molar-refractivity contribution is 0.214. The summed E-state index contributed by atoms with van der Waals surface area (Å²) in [5, 5.41) is 0.277. The Kier molecular flexibility index (Phi) is 7.06. The van der Waals surface area contributed by atoms with Crippen LogP contribution in [-0.2, 0) is 17.4 Å². The molecule has 30 heavy (non-hydrogen) atoms. The first-order valence-electron chi connectivity index (χ1n) is 11.4. The summed E-state index contributed by atoms with van der Waals surface area (Å²) in [5.74, 6) is 1.58. The zero-order valence-electron chi connectivity index (χ0n) is 18.5. The monoisotopic (exact) mass is 429 g/mol. The summed E-state index contributed by atoms with van der Waals surface area (Å²) in [5.41, 5.74) is 3.68. The van der Waals surface area contributed by atoms with Gasteiger partial charge in [0.2, 0.25) is 0 Å². The predicted molar refractivity (Wildman–Crippen MR) is 125 cm³/mol. The summed E-state index contributed by atoms with van der Waals surface area (Å²) < 4.78 is 21.1. The minimum absolute atomic E-state index is 0.277. The first-order valence-corrected chi connectivity index (χ1v) is 12.5. The van der Waals surface area contributed by atoms with Crippen LogP contribution in [0.5, 0.6) is 5.75 Å². The third-order valence-electron chi connectivity index (χ3n) is 6.89. The van der Waals surface area contributed by atoms with E-state index in [1.54, 1.807) is 0 Å². The van der Waals surface area contributed by atoms with Crippen LogP contribution in [0.2, 0.25) is 0 Å². The zero-order valence-corrected chi connectivity index (χ0v) is 19.4. The fourth-order valence-corrected chi connectivity index (χ4v) is 6.80. The number of hydrogen-bond acceptors (Lipinski definition) is 4. The number of aliphatic imine (C=N–C) groups is 1. The smallest absolute Gasteiger partial charge is 0.122 e. The second-order valence-corrected chi connectivity index (χ2v) is 10.4. The summed E-state index contributed by atoms with van der Waals surface area (Å²) >= 11 is 0. The number of benzene rings is 1. The lowest BCUT2D eigenvalue weighted by atomic mass is 10.0. The van der Waals surface area contributed by atoms with E-state index in [4.69, 9.17) is 4.74 Å². The van der Waals surface area contributed by atoms with Crippen molar-refractivity contribution >= 4 is 16.7 Å². The Morgan fingerprint density at radius 3 is 3.00 bits per heavy atom. The minimum Gasteiger partial charge on any atom is -0.493 e. The highest BCUT2D eigenvalue weighted by Gasteiger charge is 2.41. The zero-order chi connectivity index (χ0) is 21.1. The fraction of sp³-hybridized carbons (Fsp3) is 0.625. The highest BCUT2D eigenvalue weighted by atomic mass is 32.2. The molecule has 0 spiro atoms. The summed E-state index contributed by atoms with van der Waals surface area (Å²) in [6.07, 6.45) is 8.35. The average Bonchev–Trinajstić information content (AvgIpc) is 3.28. The van der Waals surface area contributed by atoms with Crippen molar-refractivity contribution in [2.24, 2.45) is 10.9 Å². The van der Waals surface area contributed by atoms with Crippen LogP contribution < -0.4 is 4.74 Å². The third-order valence-corrected chi connectivity index (χ3v) is 8.81. The van der Waals surface area contributed by atoms with Gasteiger partial charge in [-0.2, -0.15) is 0 Å². The Hall–Kier alpha value is -1.50. The number of likely N-dealkylation sites (tertiary alicyclic amines) is 1. The minimum atomic E-state index is -0.917. The Balaban J connectivity index is 1.38. The number of nitrogens with zero attached hydrogens (tertiary/aromatic N) is 3. The van der Waals surface area contributed by atoms with Crippen molar-refractivity contribution in [3.8, 4) is 5.75 Å². The number of ether oxygens (including phenoxy) is 1. The largest absolute Gasteiger partial charge is 0.493 e. The molecule has 164 valence electrons. The van der Waals surface area contributed by atoms with Crippen LogP contribution >= 0.6 is 0 Å². The van der Waals surface area contributed by atoms with Gasteiger partial charge in [0.25, 0.3) is 0 Å². The molecule has 3 heterocycles. The van der Waals surface area contributed by atoms with Gasteiger partial charge < -0.3 is 4.74 Å². The summed E-state index contributed by atoms with van der Waals surface area (Å²) in [4.78, 5) is 6.96. The first-order chi connectivity index (χ1) is 14.6. The van der Waals surface area contributed by atoms with E-state index in [2.05, 4.69) is 58.4 Å². The van der Waals surface area contributed by atoms with Crippen LogP contribution in [0, 0.1) is 5.92 Å². The quantitative estimate of drug-likeness (QED) is 0.647. The molecule has 0 saturated carbocycles. The van der Waals surface area contributed by atoms with E-state index in [-0.39, 0.29) is 5.25 Å². The molecule has 0 aliphatic carbocycles. The number of hydrogen-bond donors (Lipinski definition) is 0. The first kappa shape index (κ1) is 21.7. The maximum atomic E-state index is 13.2. The summed E-state index contributed by atoms with van der Waals surface area (Å²) in [6.45, 7) is 8.91. The van der Waals surface area contributed by atoms with E-state index >= 15 is 0 Å². The van der Waals surface area contributed by atoms with Crippen molar-refractivity contribution in [2.75, 3.05) is 39.8 Å². The van der Waals surface area contributed by atoms with Gasteiger partial charge in [-0.3, -0.25) is 9.89 Å². The molecule has 0 N–H and O–H groups in total. The molecular weight excluding hydrogens is 394 g/mol. The molecule has 6 heteroatoms. The molecule has 2 saturated heterocycles. The molecule has 4 unspecified atom stereocenters. The Bertz CT molecular complexity index is 838. The molecule has 0 radical (unpaired) electrons. The topological polar surface area (TPSA) is 45.1 Å². The van der Waals surface area contributed by atoms with E-state index in [9.17, 15) is 4.21 Å². The Labute approximate surface area is 183 Å². The lowest BCUT2D eigenvalue weighted by Gasteiger charge is -2.29. The van der Waals surface area contributed by atoms with Gasteiger partial charge in [0.05, 0.1) is 29.4 Å². The standard InChI is InChI=1S/C24H35N3O2S/c1-4-5-6-22(25-3)17-27-16-21-9-12-26(13-10-24(21)30(27)28)18(2)20-8-7-19-11-14-29-23(19)15-20/h5-8,15,18,21,24H,4,9-14,16-17H2,1-3H3/b6-5-,25-22?. The van der Waals surface area contributed by atoms with Crippen LogP contribution in [0.15, 0.2) is 35.3 Å². The van der Waals surface area contributed by atoms with Gasteiger partial charge in [-0.25, -0.2) is 8.51 Å². The lowest BCUT2D eigenvalue weighted by Crippen LogP contribution is -2.32. The van der Waals surface area contributed by atoms with E-state index in [1.807, 2.05) is 7.05 Å². The second-order valence-electron chi connectivity index (χ2n) is 8.68. The van der Waals surface area contributed by atoms with E-state index in [1.165, 1.54) is 11.1 Å². The van der Waals surface area contributed by atoms with Gasteiger partial charge in [0.1, 0.15) is 5.75 Å². The normalized spacial score (nSPS) is 28.9. The van der Waals surface area contributed by atoms with Crippen molar-refractivity contribution in [3.63, 3.8) is 0 Å². The summed E-state index contributed by atoms with van der Waals surface area (Å²) in [6, 6.07) is 7.08. The molecule has 3 aliphatic rings. The van der Waals surface area contributed by atoms with Crippen molar-refractivity contribution in [1.82, 2.24) is 9.21 Å². The van der Waals surface area contributed by atoms with Crippen molar-refractivity contribution in [2.45, 2.75) is 50.8 Å². The van der Waals surface area contributed by atoms with Crippen LogP contribution in [0.3, 0.4) is 0 Å². The van der Waals surface area contributed by atoms with Crippen molar-refractivity contribution in [1.29, 1.82) is 0 Å². The van der Waals surface area contributed by atoms with Crippen molar-refractivity contribution in [3.05, 3.63) is 41.5 Å². The third kappa shape index (κ3) is 4.56. The van der Waals surface area contributed by atoms with E-state index in [0.29, 0.717) is 18.5 Å². The SMILES string of the molecule is CC/C=C\C(CN1CC2CCN(C(C)c3ccc4c(c3)OCC4)CCC2S1=O)=NC. The molecule has 2 fully saturated rings. The van der Waals surface area contributed by atoms with Gasteiger partial charge in [-0.05, 0) is 68.5 Å². The van der Waals surface area contributed by atoms with Crippen LogP contribution in [0.1, 0.15) is 50.3 Å². The molecular formula is C24H35N3O2S. The van der Waals surface area contributed by atoms with Crippen LogP contribution in [0.4, 0.5) is 0 Å². The van der Waals surface area contributed by atoms with Crippen molar-refractivity contribution < 1.29 is 8.95 Å². The van der Waals surface area contributed by atoms with Gasteiger partial charge in [-0.15, -0.1) is 0 Å². The maximum absolute atomic E-state index is 13.2. The number of fused-ring (bicyclic) bond motifs is 2. The van der Waals surface area contributed by atoms with Gasteiger partial charge >= 0.3 is 0 Å². The summed E-state index contributed by atoms with van der Waals surface area (Å²) in [7, 11) is 0.912. The van der Waals surface area contributed by atoms with Crippen LogP contribution in [0.25, 0.3) is 0 Å². The van der Waals surface area contributed by atoms with Crippen LogP contribution in [-0.4, -0.2) is 64.2 Å². The molecule has 1 aromatic carbocycles. The maximum Gasteiger partial charge on any atom is 0.122 e. The van der Waals surface area contributed by atoms with Gasteiger partial charge in [-0.1, -0.05) is 25.1 Å². The number of allylic oxidation sites excluding steroid dienone is 1. The average molecular weight is 430 g/mol. The molecule has 0 amide bonds. The highest BCUT2D eigenvalue weighted by Crippen LogP contribution is 2.35. The molecule has 0 aromatic heterocycles. The van der Waals surface area contributed by atoms with Gasteiger partial charge in [0.15, 0.2) is 0 Å². The highest BCUT2D eigenvalue weighted by molar-refractivity contribution is 7.83. The molecule has 4 atom stereocenters. The Morgan fingerprint density at radius 2 is 2.20 bits per heavy atom. The molecule has 0 bridgehead atoms. The van der Waals surface area contributed by atoms with E-state index < -0.39 is 11.0 Å². The predicted octanol–water partition coefficient (Wildman–Crippen LogP) is 3.78. The van der Waals surface area contributed by atoms with E-state index in [0.717, 1.165) is 63.4 Å². The molecule has 1 aromatic rings. The molecule has 4 rings (SSSR count). The molecule has 3 aliphatic heterocycles. The fourth-order valence-electron chi connectivity index (χ4n) is 4.96. The second kappa shape index (κ2) is 9.75. The van der Waals surface area contributed by atoms with Gasteiger partial charge in [0, 0.05) is 31.8 Å².